The molecule has 1 N–H and O–H groups in total. The van der Waals surface area contributed by atoms with Crippen LogP contribution in [0, 0.1) is 0 Å². The molecule has 2 aromatic rings. The molecule has 8 heteroatoms. The molecular weight excluding hydrogens is 360 g/mol. The van der Waals surface area contributed by atoms with Crippen LogP contribution in [0.2, 0.25) is 0 Å². The van der Waals surface area contributed by atoms with Crippen molar-refractivity contribution < 1.29 is 8.42 Å². The molecule has 0 bridgehead atoms. The van der Waals surface area contributed by atoms with Crippen molar-refractivity contribution in [2.75, 3.05) is 19.6 Å². The predicted octanol–water partition coefficient (Wildman–Crippen LogP) is 2.30. The summed E-state index contributed by atoms with van der Waals surface area (Å²) in [5.41, 5.74) is 1.13. The van der Waals surface area contributed by atoms with Crippen LogP contribution in [-0.2, 0) is 17.1 Å². The molecule has 0 saturated carbocycles. The summed E-state index contributed by atoms with van der Waals surface area (Å²) in [5.74, 6) is 1.13. The van der Waals surface area contributed by atoms with Gasteiger partial charge in [0.15, 0.2) is 0 Å². The third kappa shape index (κ3) is 3.89. The minimum atomic E-state index is -3.56. The molecular formula is C17H25ClN4O2S. The summed E-state index contributed by atoms with van der Waals surface area (Å²) in [6, 6.07) is 6.92. The van der Waals surface area contributed by atoms with Gasteiger partial charge in [0.2, 0.25) is 10.0 Å². The first kappa shape index (κ1) is 19.9. The molecule has 6 nitrogen and oxygen atoms in total. The van der Waals surface area contributed by atoms with E-state index in [-0.39, 0.29) is 18.4 Å². The molecule has 1 atom stereocenters. The van der Waals surface area contributed by atoms with E-state index in [2.05, 4.69) is 24.1 Å². The second-order valence-electron chi connectivity index (χ2n) is 6.46. The zero-order chi connectivity index (χ0) is 17.3. The van der Waals surface area contributed by atoms with Gasteiger partial charge in [0.05, 0.1) is 10.9 Å². The molecule has 1 aromatic heterocycles. The van der Waals surface area contributed by atoms with Gasteiger partial charge in [0.25, 0.3) is 0 Å². The maximum atomic E-state index is 13.1. The SMILES string of the molecule is CC(C)c1ccc(S(=O)(=O)N2CCNCC2c2nccn2C)cc1.Cl. The van der Waals surface area contributed by atoms with Crippen molar-refractivity contribution in [3.63, 3.8) is 0 Å². The summed E-state index contributed by atoms with van der Waals surface area (Å²) in [6.07, 6.45) is 3.54. The number of benzene rings is 1. The molecule has 1 aliphatic rings. The van der Waals surface area contributed by atoms with Crippen molar-refractivity contribution in [2.45, 2.75) is 30.7 Å². The highest BCUT2D eigenvalue weighted by atomic mass is 35.5. The molecule has 1 saturated heterocycles. The molecule has 0 aliphatic carbocycles. The summed E-state index contributed by atoms with van der Waals surface area (Å²) in [5, 5.41) is 3.27. The van der Waals surface area contributed by atoms with Crippen LogP contribution in [0.1, 0.15) is 37.2 Å². The van der Waals surface area contributed by atoms with Crippen molar-refractivity contribution >= 4 is 22.4 Å². The Kier molecular flexibility index (Phi) is 6.26. The normalized spacial score (nSPS) is 19.0. The fourth-order valence-electron chi connectivity index (χ4n) is 3.05. The molecule has 0 amide bonds. The van der Waals surface area contributed by atoms with Gasteiger partial charge in [-0.15, -0.1) is 12.4 Å². The molecule has 2 heterocycles. The Morgan fingerprint density at radius 3 is 2.48 bits per heavy atom. The third-order valence-corrected chi connectivity index (χ3v) is 6.43. The molecule has 1 fully saturated rings. The second-order valence-corrected chi connectivity index (χ2v) is 8.35. The van der Waals surface area contributed by atoms with Crippen molar-refractivity contribution in [1.29, 1.82) is 0 Å². The minimum Gasteiger partial charge on any atom is -0.337 e. The Morgan fingerprint density at radius 1 is 1.24 bits per heavy atom. The van der Waals surface area contributed by atoms with Crippen LogP contribution in [0.25, 0.3) is 0 Å². The first-order valence-corrected chi connectivity index (χ1v) is 9.65. The summed E-state index contributed by atoms with van der Waals surface area (Å²) in [4.78, 5) is 4.69. The molecule has 1 unspecified atom stereocenters. The van der Waals surface area contributed by atoms with E-state index in [9.17, 15) is 8.42 Å². The number of imidazole rings is 1. The fraction of sp³-hybridized carbons (Fsp3) is 0.471. The Bertz CT molecular complexity index is 802. The van der Waals surface area contributed by atoms with E-state index < -0.39 is 10.0 Å². The van der Waals surface area contributed by atoms with E-state index >= 15 is 0 Å². The van der Waals surface area contributed by atoms with Crippen LogP contribution in [0.3, 0.4) is 0 Å². The summed E-state index contributed by atoms with van der Waals surface area (Å²) < 4.78 is 29.7. The zero-order valence-electron chi connectivity index (χ0n) is 14.7. The first-order valence-electron chi connectivity index (χ1n) is 8.21. The molecule has 1 aromatic carbocycles. The van der Waals surface area contributed by atoms with E-state index in [1.807, 2.05) is 29.9 Å². The van der Waals surface area contributed by atoms with Crippen LogP contribution in [0.5, 0.6) is 0 Å². The second kappa shape index (κ2) is 7.86. The lowest BCUT2D eigenvalue weighted by Crippen LogP contribution is -2.49. The average molecular weight is 385 g/mol. The van der Waals surface area contributed by atoms with Gasteiger partial charge < -0.3 is 9.88 Å². The van der Waals surface area contributed by atoms with Gasteiger partial charge in [-0.3, -0.25) is 0 Å². The lowest BCUT2D eigenvalue weighted by molar-refractivity contribution is 0.258. The van der Waals surface area contributed by atoms with Crippen LogP contribution < -0.4 is 5.32 Å². The predicted molar refractivity (Wildman–Crippen MR) is 100 cm³/mol. The highest BCUT2D eigenvalue weighted by Gasteiger charge is 2.36. The van der Waals surface area contributed by atoms with Gasteiger partial charge in [-0.25, -0.2) is 13.4 Å². The van der Waals surface area contributed by atoms with Crippen molar-refractivity contribution in [1.82, 2.24) is 19.2 Å². The van der Waals surface area contributed by atoms with Crippen LogP contribution in [0.15, 0.2) is 41.6 Å². The largest absolute Gasteiger partial charge is 0.337 e. The Labute approximate surface area is 155 Å². The Balaban J connectivity index is 0.00000225. The molecule has 1 aliphatic heterocycles. The van der Waals surface area contributed by atoms with Crippen molar-refractivity contribution in [3.05, 3.63) is 48.0 Å². The number of nitrogens with one attached hydrogen (secondary N) is 1. The summed E-state index contributed by atoms with van der Waals surface area (Å²) >= 11 is 0. The number of piperazine rings is 1. The van der Waals surface area contributed by atoms with Gasteiger partial charge in [0.1, 0.15) is 5.82 Å². The van der Waals surface area contributed by atoms with Gasteiger partial charge in [0, 0.05) is 39.1 Å². The van der Waals surface area contributed by atoms with E-state index in [0.717, 1.165) is 11.4 Å². The molecule has 25 heavy (non-hydrogen) atoms. The van der Waals surface area contributed by atoms with Gasteiger partial charge in [-0.05, 0) is 23.6 Å². The van der Waals surface area contributed by atoms with Gasteiger partial charge in [-0.1, -0.05) is 26.0 Å². The van der Waals surface area contributed by atoms with E-state index in [4.69, 9.17) is 0 Å². The highest BCUT2D eigenvalue weighted by molar-refractivity contribution is 7.89. The Morgan fingerprint density at radius 2 is 1.92 bits per heavy atom. The number of aryl methyl sites for hydroxylation is 1. The number of halogens is 1. The third-order valence-electron chi connectivity index (χ3n) is 4.50. The highest BCUT2D eigenvalue weighted by Crippen LogP contribution is 2.28. The number of hydrogen-bond donors (Lipinski definition) is 1. The number of hydrogen-bond acceptors (Lipinski definition) is 4. The lowest BCUT2D eigenvalue weighted by Gasteiger charge is -2.34. The number of nitrogens with zero attached hydrogens (tertiary/aromatic N) is 3. The summed E-state index contributed by atoms with van der Waals surface area (Å²) in [6.45, 7) is 5.83. The molecule has 0 spiro atoms. The van der Waals surface area contributed by atoms with Crippen LogP contribution in [-0.4, -0.2) is 41.9 Å². The molecule has 3 rings (SSSR count). The summed E-state index contributed by atoms with van der Waals surface area (Å²) in [7, 11) is -1.67. The maximum Gasteiger partial charge on any atom is 0.243 e. The standard InChI is InChI=1S/C17H24N4O2S.ClH/c1-13(2)14-4-6-15(7-5-14)24(22,23)21-11-8-18-12-16(21)17-19-9-10-20(17)3;/h4-7,9-10,13,16,18H,8,11-12H2,1-3H3;1H. The topological polar surface area (TPSA) is 67.2 Å². The Hall–Kier alpha value is -1.41. The van der Waals surface area contributed by atoms with E-state index in [1.54, 1.807) is 22.6 Å². The van der Waals surface area contributed by atoms with Crippen LogP contribution in [0.4, 0.5) is 0 Å². The van der Waals surface area contributed by atoms with Crippen molar-refractivity contribution in [3.8, 4) is 0 Å². The van der Waals surface area contributed by atoms with E-state index in [1.165, 1.54) is 0 Å². The molecule has 0 radical (unpaired) electrons. The number of rotatable bonds is 4. The lowest BCUT2D eigenvalue weighted by atomic mass is 10.0. The van der Waals surface area contributed by atoms with Crippen molar-refractivity contribution in [2.24, 2.45) is 7.05 Å². The average Bonchev–Trinajstić information content (AvgIpc) is 3.01. The van der Waals surface area contributed by atoms with Crippen LogP contribution >= 0.6 is 12.4 Å². The smallest absolute Gasteiger partial charge is 0.243 e. The van der Waals surface area contributed by atoms with Gasteiger partial charge in [-0.2, -0.15) is 4.31 Å². The number of sulfonamides is 1. The van der Waals surface area contributed by atoms with E-state index in [0.29, 0.717) is 30.4 Å². The monoisotopic (exact) mass is 384 g/mol. The molecule has 138 valence electrons. The first-order chi connectivity index (χ1) is 11.4. The van der Waals surface area contributed by atoms with Gasteiger partial charge >= 0.3 is 0 Å². The fourth-order valence-corrected chi connectivity index (χ4v) is 4.64. The quantitative estimate of drug-likeness (QED) is 0.878. The number of aromatic nitrogens is 2. The zero-order valence-corrected chi connectivity index (χ0v) is 16.3. The maximum absolute atomic E-state index is 13.1. The minimum absolute atomic E-state index is 0.